The predicted molar refractivity (Wildman–Crippen MR) is 123 cm³/mol. The highest BCUT2D eigenvalue weighted by atomic mass is 16.6. The third-order valence-electron chi connectivity index (χ3n) is 4.67. The number of oxime groups is 1. The van der Waals surface area contributed by atoms with E-state index in [-0.39, 0.29) is 18.2 Å². The van der Waals surface area contributed by atoms with E-state index in [0.29, 0.717) is 17.0 Å². The fourth-order valence-corrected chi connectivity index (χ4v) is 3.29. The number of hydrogen-bond acceptors (Lipinski definition) is 6. The lowest BCUT2D eigenvalue weighted by atomic mass is 9.93. The highest BCUT2D eigenvalue weighted by Gasteiger charge is 2.25. The minimum atomic E-state index is -0.505. The number of alkyl carbamates (subject to hydrolysis) is 1. The second-order valence-corrected chi connectivity index (χ2v) is 8.89. The van der Waals surface area contributed by atoms with Crippen LogP contribution in [-0.2, 0) is 4.74 Å². The van der Waals surface area contributed by atoms with E-state index < -0.39 is 5.60 Å². The smallest absolute Gasteiger partial charge is 0.407 e. The van der Waals surface area contributed by atoms with Crippen molar-refractivity contribution in [3.63, 3.8) is 0 Å². The average molecular weight is 431 g/mol. The maximum absolute atomic E-state index is 12.0. The van der Waals surface area contributed by atoms with Gasteiger partial charge in [0.2, 0.25) is 0 Å². The number of carbonyl (C=O) groups is 1. The molecule has 0 aliphatic heterocycles. The fraction of sp³-hybridized carbons (Fsp3) is 0.522. The van der Waals surface area contributed by atoms with Crippen molar-refractivity contribution in [1.29, 1.82) is 0 Å². The van der Waals surface area contributed by atoms with Gasteiger partial charge in [-0.05, 0) is 64.7 Å². The zero-order chi connectivity index (χ0) is 23.0. The van der Waals surface area contributed by atoms with Crippen molar-refractivity contribution in [2.45, 2.75) is 64.2 Å². The van der Waals surface area contributed by atoms with Gasteiger partial charge in [-0.15, -0.1) is 0 Å². The summed E-state index contributed by atoms with van der Waals surface area (Å²) in [5, 5.41) is 15.1. The second kappa shape index (κ2) is 10.8. The zero-order valence-electron chi connectivity index (χ0n) is 19.1. The third kappa shape index (κ3) is 8.32. The third-order valence-corrected chi connectivity index (χ3v) is 4.67. The monoisotopic (exact) mass is 430 g/mol. The van der Waals surface area contributed by atoms with Crippen LogP contribution in [0, 0.1) is 0 Å². The van der Waals surface area contributed by atoms with Gasteiger partial charge in [0.25, 0.3) is 0 Å². The Labute approximate surface area is 184 Å². The second-order valence-electron chi connectivity index (χ2n) is 8.89. The molecular formula is C23H34N4O4. The van der Waals surface area contributed by atoms with Crippen LogP contribution in [0.2, 0.25) is 0 Å². The minimum absolute atomic E-state index is 0.0522. The van der Waals surface area contributed by atoms with Gasteiger partial charge in [-0.3, -0.25) is 0 Å². The van der Waals surface area contributed by atoms with Crippen LogP contribution >= 0.6 is 0 Å². The molecule has 1 saturated carbocycles. The summed E-state index contributed by atoms with van der Waals surface area (Å²) in [5.41, 5.74) is 1.48. The van der Waals surface area contributed by atoms with Crippen LogP contribution in [0.15, 0.2) is 34.9 Å². The Kier molecular flexibility index (Phi) is 8.47. The van der Waals surface area contributed by atoms with E-state index >= 15 is 0 Å². The van der Waals surface area contributed by atoms with E-state index in [4.69, 9.17) is 14.7 Å². The van der Waals surface area contributed by atoms with Gasteiger partial charge in [0.05, 0.1) is 24.4 Å². The fourth-order valence-electron chi connectivity index (χ4n) is 3.29. The van der Waals surface area contributed by atoms with Gasteiger partial charge in [-0.25, -0.2) is 9.79 Å². The molecule has 1 aliphatic rings. The number of rotatable bonds is 7. The quantitative estimate of drug-likeness (QED) is 0.291. The Balaban J connectivity index is 1.96. The normalized spacial score (nSPS) is 19.4. The highest BCUT2D eigenvalue weighted by Crippen LogP contribution is 2.27. The van der Waals surface area contributed by atoms with E-state index in [1.807, 2.05) is 58.0 Å². The van der Waals surface area contributed by atoms with Gasteiger partial charge in [0.15, 0.2) is 0 Å². The number of carbonyl (C=O) groups excluding carboxylic acids is 1. The topological polar surface area (TPSA) is 95.8 Å². The lowest BCUT2D eigenvalue weighted by molar-refractivity contribution is 0.0471. The summed E-state index contributed by atoms with van der Waals surface area (Å²) in [7, 11) is 3.75. The van der Waals surface area contributed by atoms with E-state index in [1.54, 1.807) is 6.34 Å². The minimum Gasteiger partial charge on any atom is -0.490 e. The molecule has 8 nitrogen and oxygen atoms in total. The number of amides is 1. The van der Waals surface area contributed by atoms with Crippen molar-refractivity contribution in [2.24, 2.45) is 10.1 Å². The molecule has 31 heavy (non-hydrogen) atoms. The molecule has 8 heteroatoms. The van der Waals surface area contributed by atoms with Gasteiger partial charge in [0, 0.05) is 31.3 Å². The first-order valence-corrected chi connectivity index (χ1v) is 10.4. The van der Waals surface area contributed by atoms with E-state index in [2.05, 4.69) is 22.0 Å². The first kappa shape index (κ1) is 24.2. The maximum Gasteiger partial charge on any atom is 0.407 e. The van der Waals surface area contributed by atoms with Crippen LogP contribution < -0.4 is 10.1 Å². The molecule has 0 atom stereocenters. The zero-order valence-corrected chi connectivity index (χ0v) is 19.1. The van der Waals surface area contributed by atoms with Gasteiger partial charge in [-0.2, -0.15) is 0 Å². The lowest BCUT2D eigenvalue weighted by Crippen LogP contribution is -2.42. The molecule has 0 bridgehead atoms. The van der Waals surface area contributed by atoms with Crippen molar-refractivity contribution < 1.29 is 19.5 Å². The average Bonchev–Trinajstić information content (AvgIpc) is 2.66. The van der Waals surface area contributed by atoms with Crippen molar-refractivity contribution in [3.8, 4) is 5.75 Å². The van der Waals surface area contributed by atoms with Gasteiger partial charge in [0.1, 0.15) is 11.4 Å². The van der Waals surface area contributed by atoms with Gasteiger partial charge >= 0.3 is 6.09 Å². The van der Waals surface area contributed by atoms with Crippen LogP contribution in [-0.4, -0.2) is 60.6 Å². The summed E-state index contributed by atoms with van der Waals surface area (Å²) < 4.78 is 11.5. The van der Waals surface area contributed by atoms with Crippen molar-refractivity contribution in [2.75, 3.05) is 14.1 Å². The molecule has 0 saturated heterocycles. The lowest BCUT2D eigenvalue weighted by Gasteiger charge is -2.30. The highest BCUT2D eigenvalue weighted by molar-refractivity contribution is 5.89. The van der Waals surface area contributed by atoms with Crippen LogP contribution in [0.25, 0.3) is 5.70 Å². The van der Waals surface area contributed by atoms with Crippen molar-refractivity contribution in [3.05, 3.63) is 35.9 Å². The summed E-state index contributed by atoms with van der Waals surface area (Å²) in [4.78, 5) is 18.1. The molecule has 0 radical (unpaired) electrons. The Morgan fingerprint density at radius 2 is 1.94 bits per heavy atom. The number of ether oxygens (including phenoxy) is 2. The number of nitrogens with zero attached hydrogens (tertiary/aromatic N) is 3. The van der Waals surface area contributed by atoms with Crippen LogP contribution in [0.4, 0.5) is 4.79 Å². The number of hydrogen-bond donors (Lipinski definition) is 2. The van der Waals surface area contributed by atoms with Crippen LogP contribution in [0.5, 0.6) is 5.75 Å². The Hall–Kier alpha value is -3.03. The van der Waals surface area contributed by atoms with E-state index in [0.717, 1.165) is 31.2 Å². The maximum atomic E-state index is 12.0. The molecule has 1 fully saturated rings. The first-order chi connectivity index (χ1) is 14.6. The molecule has 2 rings (SSSR count). The van der Waals surface area contributed by atoms with Crippen LogP contribution in [0.3, 0.4) is 0 Å². The molecule has 2 N–H and O–H groups in total. The molecule has 170 valence electrons. The Morgan fingerprint density at radius 1 is 1.26 bits per heavy atom. The molecule has 1 aromatic carbocycles. The van der Waals surface area contributed by atoms with Crippen LogP contribution in [0.1, 0.15) is 57.6 Å². The largest absolute Gasteiger partial charge is 0.490 e. The first-order valence-electron chi connectivity index (χ1n) is 10.4. The van der Waals surface area contributed by atoms with Gasteiger partial charge < -0.3 is 24.9 Å². The van der Waals surface area contributed by atoms with E-state index in [1.165, 1.54) is 6.21 Å². The van der Waals surface area contributed by atoms with E-state index in [9.17, 15) is 4.79 Å². The predicted octanol–water partition coefficient (Wildman–Crippen LogP) is 4.27. The summed E-state index contributed by atoms with van der Waals surface area (Å²) in [6, 6.07) is 5.63. The molecule has 0 unspecified atom stereocenters. The van der Waals surface area contributed by atoms with Crippen molar-refractivity contribution in [1.82, 2.24) is 10.2 Å². The standard InChI is InChI=1S/C23H34N4O4/c1-16(24-15-27(5)6)21-12-11-20(13-17(21)14-25-29)30-19-9-7-18(8-10-19)26-22(28)31-23(2,3)4/h11-15,18-19,29H,1,7-10H2,2-6H3,(H,26,28)/b24-15-,25-14-/t18-,19-. The number of benzene rings is 1. The van der Waals surface area contributed by atoms with Gasteiger partial charge in [-0.1, -0.05) is 11.7 Å². The summed E-state index contributed by atoms with van der Waals surface area (Å²) in [5.74, 6) is 0.687. The molecular weight excluding hydrogens is 396 g/mol. The number of aliphatic imine (C=N–C) groups is 1. The molecule has 1 amide bonds. The molecule has 1 aliphatic carbocycles. The molecule has 0 aromatic heterocycles. The Morgan fingerprint density at radius 3 is 2.52 bits per heavy atom. The summed E-state index contributed by atoms with van der Waals surface area (Å²) in [6.45, 7) is 9.53. The molecule has 0 spiro atoms. The number of nitrogens with one attached hydrogen (secondary N) is 1. The summed E-state index contributed by atoms with van der Waals surface area (Å²) in [6.07, 6.45) is 5.98. The summed E-state index contributed by atoms with van der Waals surface area (Å²) >= 11 is 0. The van der Waals surface area contributed by atoms with Crippen molar-refractivity contribution >= 4 is 24.3 Å². The Bertz CT molecular complexity index is 819. The molecule has 0 heterocycles. The SMILES string of the molecule is C=C(/N=C\N(C)C)c1ccc(O[C@H]2CC[C@H](NC(=O)OC(C)(C)C)CC2)cc1/C=N\O. The molecule has 1 aromatic rings.